The first-order chi connectivity index (χ1) is 7.98. The van der Waals surface area contributed by atoms with Gasteiger partial charge in [-0.05, 0) is 18.8 Å². The summed E-state index contributed by atoms with van der Waals surface area (Å²) >= 11 is 1.71. The molecule has 2 aliphatic rings. The van der Waals surface area contributed by atoms with Gasteiger partial charge in [-0.3, -0.25) is 4.90 Å². The van der Waals surface area contributed by atoms with Gasteiger partial charge < -0.3 is 5.11 Å². The minimum atomic E-state index is -3.01. The van der Waals surface area contributed by atoms with E-state index in [2.05, 4.69) is 4.90 Å². The number of hydrogen-bond acceptors (Lipinski definition) is 5. The molecule has 0 radical (unpaired) electrons. The quantitative estimate of drug-likeness (QED) is 0.818. The summed E-state index contributed by atoms with van der Waals surface area (Å²) in [6.45, 7) is 1.56. The lowest BCUT2D eigenvalue weighted by Gasteiger charge is -2.36. The number of nitrogens with zero attached hydrogens (tertiary/aromatic N) is 1. The standard InChI is InChI=1S/C11H21NO3S2/c1-17(14,15)11-8-16-6-5-12(11)7-9-3-2-4-10(9)13/h9-11,13H,2-8H2,1H3. The summed E-state index contributed by atoms with van der Waals surface area (Å²) in [5.41, 5.74) is 0. The molecule has 1 aliphatic heterocycles. The highest BCUT2D eigenvalue weighted by atomic mass is 32.2. The van der Waals surface area contributed by atoms with E-state index in [-0.39, 0.29) is 17.4 Å². The van der Waals surface area contributed by atoms with Crippen LogP contribution in [-0.4, -0.2) is 60.8 Å². The molecule has 2 fully saturated rings. The number of sulfone groups is 1. The van der Waals surface area contributed by atoms with Crippen LogP contribution < -0.4 is 0 Å². The minimum absolute atomic E-state index is 0.232. The van der Waals surface area contributed by atoms with E-state index in [9.17, 15) is 13.5 Å². The number of thioether (sulfide) groups is 1. The highest BCUT2D eigenvalue weighted by Gasteiger charge is 2.35. The summed E-state index contributed by atoms with van der Waals surface area (Å²) in [4.78, 5) is 2.06. The molecule has 1 heterocycles. The third-order valence-electron chi connectivity index (χ3n) is 3.77. The molecule has 0 aromatic carbocycles. The highest BCUT2D eigenvalue weighted by Crippen LogP contribution is 2.29. The largest absolute Gasteiger partial charge is 0.393 e. The molecular formula is C11H21NO3S2. The van der Waals surface area contributed by atoms with E-state index < -0.39 is 9.84 Å². The van der Waals surface area contributed by atoms with Gasteiger partial charge in [0.2, 0.25) is 0 Å². The van der Waals surface area contributed by atoms with Crippen molar-refractivity contribution in [3.05, 3.63) is 0 Å². The molecule has 4 nitrogen and oxygen atoms in total. The van der Waals surface area contributed by atoms with Gasteiger partial charge in [0.15, 0.2) is 9.84 Å². The molecule has 1 saturated carbocycles. The van der Waals surface area contributed by atoms with Crippen molar-refractivity contribution in [1.29, 1.82) is 0 Å². The lowest BCUT2D eigenvalue weighted by atomic mass is 10.1. The molecule has 17 heavy (non-hydrogen) atoms. The Bertz CT molecular complexity index is 358. The van der Waals surface area contributed by atoms with E-state index in [1.165, 1.54) is 6.26 Å². The summed E-state index contributed by atoms with van der Waals surface area (Å²) in [6, 6.07) is 0. The fraction of sp³-hybridized carbons (Fsp3) is 1.00. The first kappa shape index (κ1) is 13.6. The molecule has 6 heteroatoms. The van der Waals surface area contributed by atoms with Gasteiger partial charge in [0.25, 0.3) is 0 Å². The predicted molar refractivity (Wildman–Crippen MR) is 70.9 cm³/mol. The van der Waals surface area contributed by atoms with Gasteiger partial charge in [-0.25, -0.2) is 8.42 Å². The van der Waals surface area contributed by atoms with Crippen LogP contribution in [0.25, 0.3) is 0 Å². The third kappa shape index (κ3) is 3.36. The van der Waals surface area contributed by atoms with E-state index >= 15 is 0 Å². The maximum atomic E-state index is 11.7. The zero-order valence-electron chi connectivity index (χ0n) is 10.2. The number of aliphatic hydroxyl groups excluding tert-OH is 1. The Morgan fingerprint density at radius 2 is 2.18 bits per heavy atom. The summed E-state index contributed by atoms with van der Waals surface area (Å²) in [5.74, 6) is 1.93. The van der Waals surface area contributed by atoms with Gasteiger partial charge in [0.05, 0.1) is 6.10 Å². The average molecular weight is 279 g/mol. The fourth-order valence-electron chi connectivity index (χ4n) is 2.75. The minimum Gasteiger partial charge on any atom is -0.393 e. The van der Waals surface area contributed by atoms with Crippen LogP contribution in [-0.2, 0) is 9.84 Å². The molecule has 1 saturated heterocycles. The molecule has 0 aromatic rings. The van der Waals surface area contributed by atoms with Gasteiger partial charge in [0, 0.05) is 30.9 Å². The van der Waals surface area contributed by atoms with Crippen molar-refractivity contribution in [2.45, 2.75) is 30.7 Å². The summed E-state index contributed by atoms with van der Waals surface area (Å²) in [7, 11) is -3.01. The molecule has 0 aromatic heterocycles. The van der Waals surface area contributed by atoms with Gasteiger partial charge in [-0.15, -0.1) is 0 Å². The van der Waals surface area contributed by atoms with Crippen LogP contribution in [0.3, 0.4) is 0 Å². The predicted octanol–water partition coefficient (Wildman–Crippen LogP) is 0.567. The second kappa shape index (κ2) is 5.47. The number of rotatable bonds is 3. The summed E-state index contributed by atoms with van der Waals surface area (Å²) in [6.07, 6.45) is 4.06. The molecule has 0 amide bonds. The summed E-state index contributed by atoms with van der Waals surface area (Å²) < 4.78 is 23.5. The van der Waals surface area contributed by atoms with E-state index in [1.807, 2.05) is 0 Å². The Morgan fingerprint density at radius 3 is 2.76 bits per heavy atom. The Labute approximate surface area is 108 Å². The van der Waals surface area contributed by atoms with Gasteiger partial charge in [-0.1, -0.05) is 6.42 Å². The zero-order valence-corrected chi connectivity index (χ0v) is 11.8. The monoisotopic (exact) mass is 279 g/mol. The Morgan fingerprint density at radius 1 is 1.41 bits per heavy atom. The molecule has 0 spiro atoms. The Hall–Kier alpha value is 0.220. The maximum Gasteiger partial charge on any atom is 0.164 e. The molecule has 100 valence electrons. The van der Waals surface area contributed by atoms with Gasteiger partial charge in [0.1, 0.15) is 5.37 Å². The van der Waals surface area contributed by atoms with Crippen LogP contribution in [0.4, 0.5) is 0 Å². The second-order valence-corrected chi connectivity index (χ2v) is 8.47. The maximum absolute atomic E-state index is 11.7. The van der Waals surface area contributed by atoms with E-state index in [0.717, 1.165) is 38.1 Å². The molecule has 3 unspecified atom stereocenters. The van der Waals surface area contributed by atoms with Gasteiger partial charge >= 0.3 is 0 Å². The molecule has 2 rings (SSSR count). The molecule has 3 atom stereocenters. The molecule has 1 aliphatic carbocycles. The Kier molecular flexibility index (Phi) is 4.39. The van der Waals surface area contributed by atoms with Crippen molar-refractivity contribution in [3.8, 4) is 0 Å². The van der Waals surface area contributed by atoms with Crippen molar-refractivity contribution < 1.29 is 13.5 Å². The van der Waals surface area contributed by atoms with Gasteiger partial charge in [-0.2, -0.15) is 11.8 Å². The van der Waals surface area contributed by atoms with Crippen molar-refractivity contribution in [1.82, 2.24) is 4.90 Å². The molecule has 1 N–H and O–H groups in total. The van der Waals surface area contributed by atoms with E-state index in [1.54, 1.807) is 11.8 Å². The topological polar surface area (TPSA) is 57.6 Å². The third-order valence-corrected chi connectivity index (χ3v) is 6.46. The smallest absolute Gasteiger partial charge is 0.164 e. The average Bonchev–Trinajstić information content (AvgIpc) is 2.64. The second-order valence-electron chi connectivity index (χ2n) is 5.11. The van der Waals surface area contributed by atoms with Crippen LogP contribution >= 0.6 is 11.8 Å². The Balaban J connectivity index is 2.01. The first-order valence-corrected chi connectivity index (χ1v) is 9.28. The zero-order chi connectivity index (χ0) is 12.5. The van der Waals surface area contributed by atoms with Crippen molar-refractivity contribution in [3.63, 3.8) is 0 Å². The fourth-order valence-corrected chi connectivity index (χ4v) is 5.70. The summed E-state index contributed by atoms with van der Waals surface area (Å²) in [5, 5.41) is 9.47. The van der Waals surface area contributed by atoms with E-state index in [0.29, 0.717) is 5.75 Å². The van der Waals surface area contributed by atoms with Crippen molar-refractivity contribution in [2.24, 2.45) is 5.92 Å². The highest BCUT2D eigenvalue weighted by molar-refractivity contribution is 8.00. The molecular weight excluding hydrogens is 258 g/mol. The van der Waals surface area contributed by atoms with Crippen LogP contribution in [0.2, 0.25) is 0 Å². The normalized spacial score (nSPS) is 36.2. The number of hydrogen-bond donors (Lipinski definition) is 1. The SMILES string of the molecule is CS(=O)(=O)C1CSCCN1CC1CCCC1O. The van der Waals surface area contributed by atoms with Crippen LogP contribution in [0, 0.1) is 5.92 Å². The van der Waals surface area contributed by atoms with Crippen LogP contribution in [0.1, 0.15) is 19.3 Å². The lowest BCUT2D eigenvalue weighted by molar-refractivity contribution is 0.101. The molecule has 0 bridgehead atoms. The van der Waals surface area contributed by atoms with E-state index in [4.69, 9.17) is 0 Å². The van der Waals surface area contributed by atoms with Crippen LogP contribution in [0.15, 0.2) is 0 Å². The van der Waals surface area contributed by atoms with Crippen LogP contribution in [0.5, 0.6) is 0 Å². The lowest BCUT2D eigenvalue weighted by Crippen LogP contribution is -2.49. The van der Waals surface area contributed by atoms with Crippen molar-refractivity contribution >= 4 is 21.6 Å². The number of aliphatic hydroxyl groups is 1. The first-order valence-electron chi connectivity index (χ1n) is 6.17. The van der Waals surface area contributed by atoms with Crippen molar-refractivity contribution in [2.75, 3.05) is 30.9 Å².